The van der Waals surface area contributed by atoms with Crippen LogP contribution in [-0.4, -0.2) is 24.1 Å². The van der Waals surface area contributed by atoms with Gasteiger partial charge in [0.05, 0.1) is 6.61 Å². The number of carbonyl (C=O) groups is 2. The third-order valence-electron chi connectivity index (χ3n) is 1.75. The molecule has 0 amide bonds. The Morgan fingerprint density at radius 3 is 2.47 bits per heavy atom. The fourth-order valence-electron chi connectivity index (χ4n) is 1.17. The molecular formula is C11H18O4. The Morgan fingerprint density at radius 2 is 2.00 bits per heavy atom. The minimum absolute atomic E-state index is 0.303. The van der Waals surface area contributed by atoms with Gasteiger partial charge in [-0.05, 0) is 26.7 Å². The topological polar surface area (TPSA) is 52.6 Å². The minimum atomic E-state index is -0.508. The molecule has 4 nitrogen and oxygen atoms in total. The molecule has 0 bridgehead atoms. The van der Waals surface area contributed by atoms with Crippen LogP contribution in [0.4, 0.5) is 0 Å². The summed E-state index contributed by atoms with van der Waals surface area (Å²) in [6.45, 7) is 8.62. The van der Waals surface area contributed by atoms with E-state index in [0.29, 0.717) is 19.4 Å². The van der Waals surface area contributed by atoms with Gasteiger partial charge in [0.1, 0.15) is 5.60 Å². The summed E-state index contributed by atoms with van der Waals surface area (Å²) >= 11 is 0. The maximum atomic E-state index is 10.7. The zero-order valence-electron chi connectivity index (χ0n) is 9.54. The van der Waals surface area contributed by atoms with Gasteiger partial charge in [-0.15, -0.1) is 0 Å². The molecule has 0 saturated carbocycles. The molecule has 0 aromatic heterocycles. The van der Waals surface area contributed by atoms with Crippen molar-refractivity contribution in [1.29, 1.82) is 0 Å². The van der Waals surface area contributed by atoms with Crippen LogP contribution in [-0.2, 0) is 19.1 Å². The molecule has 0 fully saturated rings. The molecule has 15 heavy (non-hydrogen) atoms. The van der Waals surface area contributed by atoms with Gasteiger partial charge in [-0.2, -0.15) is 0 Å². The highest BCUT2D eigenvalue weighted by Gasteiger charge is 2.20. The van der Waals surface area contributed by atoms with E-state index in [0.717, 1.165) is 6.08 Å². The van der Waals surface area contributed by atoms with Crippen LogP contribution in [0.2, 0.25) is 0 Å². The molecule has 4 heteroatoms. The Bertz CT molecular complexity index is 243. The van der Waals surface area contributed by atoms with Crippen LogP contribution >= 0.6 is 0 Å². The predicted molar refractivity (Wildman–Crippen MR) is 56.2 cm³/mol. The van der Waals surface area contributed by atoms with Crippen molar-refractivity contribution in [3.63, 3.8) is 0 Å². The number of hydrogen-bond acceptors (Lipinski definition) is 4. The van der Waals surface area contributed by atoms with E-state index < -0.39 is 11.6 Å². The first kappa shape index (κ1) is 13.7. The summed E-state index contributed by atoms with van der Waals surface area (Å²) in [6.07, 6.45) is 2.42. The molecule has 0 aliphatic heterocycles. The second kappa shape index (κ2) is 6.22. The van der Waals surface area contributed by atoms with Gasteiger partial charge in [0.15, 0.2) is 0 Å². The third kappa shape index (κ3) is 7.73. The highest BCUT2D eigenvalue weighted by Crippen LogP contribution is 2.16. The summed E-state index contributed by atoms with van der Waals surface area (Å²) in [5, 5.41) is 0. The summed E-state index contributed by atoms with van der Waals surface area (Å²) in [5.74, 6) is -0.733. The summed E-state index contributed by atoms with van der Waals surface area (Å²) < 4.78 is 9.87. The molecule has 0 unspecified atom stereocenters. The minimum Gasteiger partial charge on any atom is -0.463 e. The van der Waals surface area contributed by atoms with Crippen molar-refractivity contribution >= 4 is 11.9 Å². The lowest BCUT2D eigenvalue weighted by Crippen LogP contribution is -2.27. The Morgan fingerprint density at radius 1 is 1.40 bits per heavy atom. The zero-order valence-corrected chi connectivity index (χ0v) is 9.54. The molecule has 0 aromatic carbocycles. The van der Waals surface area contributed by atoms with Gasteiger partial charge in [-0.25, -0.2) is 4.79 Å². The Labute approximate surface area is 90.2 Å². The Kier molecular flexibility index (Phi) is 5.67. The van der Waals surface area contributed by atoms with Gasteiger partial charge < -0.3 is 9.47 Å². The number of ether oxygens (including phenoxy) is 2. The average molecular weight is 214 g/mol. The molecule has 0 saturated heterocycles. The van der Waals surface area contributed by atoms with E-state index in [1.54, 1.807) is 0 Å². The molecule has 86 valence electrons. The van der Waals surface area contributed by atoms with E-state index in [9.17, 15) is 9.59 Å². The van der Waals surface area contributed by atoms with Gasteiger partial charge in [0.25, 0.3) is 0 Å². The second-order valence-electron chi connectivity index (χ2n) is 3.83. The lowest BCUT2D eigenvalue weighted by Gasteiger charge is -2.24. The Balaban J connectivity index is 3.70. The molecule has 0 aliphatic rings. The highest BCUT2D eigenvalue weighted by atomic mass is 16.6. The number of hydrogen-bond donors (Lipinski definition) is 0. The molecule has 0 rings (SSSR count). The number of esters is 2. The Hall–Kier alpha value is -1.32. The highest BCUT2D eigenvalue weighted by molar-refractivity contribution is 5.81. The third-order valence-corrected chi connectivity index (χ3v) is 1.75. The van der Waals surface area contributed by atoms with Gasteiger partial charge in [-0.1, -0.05) is 6.58 Å². The van der Waals surface area contributed by atoms with E-state index in [-0.39, 0.29) is 5.97 Å². The summed E-state index contributed by atoms with van der Waals surface area (Å²) in [6, 6.07) is 0. The van der Waals surface area contributed by atoms with Gasteiger partial charge in [-0.3, -0.25) is 4.79 Å². The molecular weight excluding hydrogens is 196 g/mol. The first-order valence-corrected chi connectivity index (χ1v) is 4.86. The predicted octanol–water partition coefficient (Wildman–Crippen LogP) is 1.84. The van der Waals surface area contributed by atoms with Crippen LogP contribution in [0.1, 0.15) is 33.6 Å². The number of carbonyl (C=O) groups excluding carboxylic acids is 2. The van der Waals surface area contributed by atoms with Gasteiger partial charge >= 0.3 is 11.9 Å². The van der Waals surface area contributed by atoms with E-state index in [1.807, 2.05) is 13.8 Å². The van der Waals surface area contributed by atoms with Gasteiger partial charge in [0.2, 0.25) is 0 Å². The van der Waals surface area contributed by atoms with Crippen molar-refractivity contribution in [2.45, 2.75) is 39.2 Å². The van der Waals surface area contributed by atoms with Crippen LogP contribution in [0.25, 0.3) is 0 Å². The van der Waals surface area contributed by atoms with Crippen molar-refractivity contribution in [1.82, 2.24) is 0 Å². The summed E-state index contributed by atoms with van der Waals surface area (Å²) in [4.78, 5) is 21.4. The standard InChI is InChI=1S/C11H18O4/c1-5-10(13)14-8-6-7-11(3,4)15-9(2)12/h5H,1,6-8H2,2-4H3. The lowest BCUT2D eigenvalue weighted by molar-refractivity contribution is -0.155. The lowest BCUT2D eigenvalue weighted by atomic mass is 10.0. The van der Waals surface area contributed by atoms with Crippen molar-refractivity contribution in [3.8, 4) is 0 Å². The molecule has 0 heterocycles. The first-order valence-electron chi connectivity index (χ1n) is 4.86. The molecule has 0 aromatic rings. The van der Waals surface area contributed by atoms with Crippen molar-refractivity contribution in [3.05, 3.63) is 12.7 Å². The largest absolute Gasteiger partial charge is 0.463 e. The van der Waals surface area contributed by atoms with Crippen LogP contribution in [0.3, 0.4) is 0 Å². The zero-order chi connectivity index (χ0) is 11.9. The maximum absolute atomic E-state index is 10.7. The van der Waals surface area contributed by atoms with E-state index in [4.69, 9.17) is 9.47 Å². The normalized spacial score (nSPS) is 10.6. The quantitative estimate of drug-likeness (QED) is 0.384. The first-order chi connectivity index (χ1) is 6.87. The van der Waals surface area contributed by atoms with Crippen LogP contribution < -0.4 is 0 Å². The van der Waals surface area contributed by atoms with Crippen molar-refractivity contribution in [2.75, 3.05) is 6.61 Å². The molecule has 0 spiro atoms. The number of rotatable bonds is 6. The summed E-state index contributed by atoms with van der Waals surface area (Å²) in [7, 11) is 0. The fourth-order valence-corrected chi connectivity index (χ4v) is 1.17. The maximum Gasteiger partial charge on any atom is 0.330 e. The van der Waals surface area contributed by atoms with E-state index >= 15 is 0 Å². The van der Waals surface area contributed by atoms with Crippen molar-refractivity contribution < 1.29 is 19.1 Å². The molecule has 0 aliphatic carbocycles. The average Bonchev–Trinajstić information content (AvgIpc) is 2.10. The van der Waals surface area contributed by atoms with Crippen LogP contribution in [0, 0.1) is 0 Å². The van der Waals surface area contributed by atoms with Gasteiger partial charge in [0, 0.05) is 13.0 Å². The molecule has 0 atom stereocenters. The SMILES string of the molecule is C=CC(=O)OCCCC(C)(C)OC(C)=O. The fraction of sp³-hybridized carbons (Fsp3) is 0.636. The molecule has 0 radical (unpaired) electrons. The van der Waals surface area contributed by atoms with E-state index in [1.165, 1.54) is 6.92 Å². The van der Waals surface area contributed by atoms with Crippen LogP contribution in [0.5, 0.6) is 0 Å². The van der Waals surface area contributed by atoms with E-state index in [2.05, 4.69) is 6.58 Å². The van der Waals surface area contributed by atoms with Crippen LogP contribution in [0.15, 0.2) is 12.7 Å². The second-order valence-corrected chi connectivity index (χ2v) is 3.83. The molecule has 0 N–H and O–H groups in total. The smallest absolute Gasteiger partial charge is 0.330 e. The van der Waals surface area contributed by atoms with Crippen molar-refractivity contribution in [2.24, 2.45) is 0 Å². The summed E-state index contributed by atoms with van der Waals surface area (Å²) in [5.41, 5.74) is -0.508. The monoisotopic (exact) mass is 214 g/mol.